The lowest BCUT2D eigenvalue weighted by molar-refractivity contribution is -0.958. The minimum Gasteiger partial charge on any atom is -0.782 e. The summed E-state index contributed by atoms with van der Waals surface area (Å²) in [6.07, 6.45) is 0.478. The normalized spacial score (nSPS) is 17.1. The summed E-state index contributed by atoms with van der Waals surface area (Å²) in [5.41, 5.74) is 0.666. The van der Waals surface area contributed by atoms with Gasteiger partial charge >= 0.3 is 5.97 Å². The van der Waals surface area contributed by atoms with Crippen LogP contribution < -0.4 is 0 Å². The van der Waals surface area contributed by atoms with Crippen molar-refractivity contribution in [2.24, 2.45) is 0 Å². The summed E-state index contributed by atoms with van der Waals surface area (Å²) in [4.78, 5) is 38.8. The van der Waals surface area contributed by atoms with E-state index in [1.54, 1.807) is 17.0 Å². The minimum atomic E-state index is -2.02. The first-order chi connectivity index (χ1) is 17.6. The number of rotatable bonds is 13. The van der Waals surface area contributed by atoms with Crippen LogP contribution in [0, 0.1) is 10.1 Å². The third-order valence-corrected chi connectivity index (χ3v) is 13.2. The zero-order valence-corrected chi connectivity index (χ0v) is 25.9. The van der Waals surface area contributed by atoms with Crippen LogP contribution in [0.4, 0.5) is 5.69 Å². The van der Waals surface area contributed by atoms with Gasteiger partial charge in [-0.25, -0.2) is 4.79 Å². The Morgan fingerprint density at radius 1 is 1.16 bits per heavy atom. The molecule has 0 aromatic heterocycles. The van der Waals surface area contributed by atoms with E-state index in [1.165, 1.54) is 12.1 Å². The Labute approximate surface area is 233 Å². The van der Waals surface area contributed by atoms with Crippen molar-refractivity contribution in [1.82, 2.24) is 4.90 Å². The molecule has 1 fully saturated rings. The Balaban J connectivity index is 2.34. The molecule has 0 radical (unpaired) electrons. The summed E-state index contributed by atoms with van der Waals surface area (Å²) in [7, 11) is -2.02. The van der Waals surface area contributed by atoms with Crippen LogP contribution in [-0.2, 0) is 38.0 Å². The first kappa shape index (κ1) is 31.9. The van der Waals surface area contributed by atoms with Crippen molar-refractivity contribution < 1.29 is 28.2 Å². The number of carbonyl (C=O) groups is 2. The van der Waals surface area contributed by atoms with Gasteiger partial charge in [0.1, 0.15) is 18.7 Å². The number of ether oxygens (including phenoxy) is 1. The number of benzene rings is 1. The first-order valence-electron chi connectivity index (χ1n) is 13.3. The van der Waals surface area contributed by atoms with Crippen molar-refractivity contribution in [1.29, 1.82) is 0 Å². The molecule has 1 amide bonds. The van der Waals surface area contributed by atoms with E-state index >= 15 is 0 Å². The molecule has 1 aliphatic rings. The van der Waals surface area contributed by atoms with E-state index in [2.05, 4.69) is 54.6 Å². The van der Waals surface area contributed by atoms with Crippen molar-refractivity contribution in [3.8, 4) is 0 Å². The molecule has 1 atom stereocenters. The molecule has 0 spiro atoms. The minimum absolute atomic E-state index is 0.0316. The van der Waals surface area contributed by atoms with Gasteiger partial charge in [-0.05, 0) is 63.0 Å². The maximum atomic E-state index is 13.5. The van der Waals surface area contributed by atoms with Crippen molar-refractivity contribution in [2.45, 2.75) is 85.3 Å². The van der Waals surface area contributed by atoms with E-state index in [-0.39, 0.29) is 35.1 Å². The molecule has 38 heavy (non-hydrogen) atoms. The smallest absolute Gasteiger partial charge is 0.353 e. The average Bonchev–Trinajstić information content (AvgIpc) is 2.85. The molecule has 1 aromatic rings. The third kappa shape index (κ3) is 6.99. The predicted molar refractivity (Wildman–Crippen MR) is 152 cm³/mol. The first-order valence-corrected chi connectivity index (χ1v) is 16.6. The molecule has 1 unspecified atom stereocenters. The topological polar surface area (TPSA) is 99.0 Å². The SMILES string of the molecule is CC[N+](CC)(CC)C1CC(=O)N1C(C(=O)OCc1ccc([N+](=O)[O-])cc1)=C([S-])CCO[Si](C)(C)C(C)(C)C. The molecule has 9 nitrogen and oxygen atoms in total. The molecule has 212 valence electrons. The van der Waals surface area contributed by atoms with Crippen LogP contribution in [0.5, 0.6) is 0 Å². The van der Waals surface area contributed by atoms with Crippen LogP contribution in [0.2, 0.25) is 18.1 Å². The highest BCUT2D eigenvalue weighted by Gasteiger charge is 2.51. The number of non-ortho nitro benzene ring substituents is 1. The Kier molecular flexibility index (Phi) is 10.6. The Bertz CT molecular complexity index is 1040. The number of quaternary nitrogens is 1. The number of carbonyl (C=O) groups excluding carboxylic acids is 2. The zero-order valence-electron chi connectivity index (χ0n) is 24.0. The highest BCUT2D eigenvalue weighted by Crippen LogP contribution is 2.38. The molecule has 1 heterocycles. The van der Waals surface area contributed by atoms with Crippen molar-refractivity contribution in [3.63, 3.8) is 0 Å². The van der Waals surface area contributed by atoms with Gasteiger partial charge in [0, 0.05) is 18.7 Å². The second-order valence-electron chi connectivity index (χ2n) is 11.2. The number of likely N-dealkylation sites (tertiary alicyclic amines) is 1. The monoisotopic (exact) mass is 565 g/mol. The van der Waals surface area contributed by atoms with E-state index in [9.17, 15) is 19.7 Å². The predicted octanol–water partition coefficient (Wildman–Crippen LogP) is 5.24. The number of amides is 1. The van der Waals surface area contributed by atoms with Gasteiger partial charge in [0.25, 0.3) is 5.69 Å². The van der Waals surface area contributed by atoms with Gasteiger partial charge in [0.2, 0.25) is 5.91 Å². The summed E-state index contributed by atoms with van der Waals surface area (Å²) in [5, 5.41) is 11.0. The van der Waals surface area contributed by atoms with Crippen LogP contribution in [0.25, 0.3) is 0 Å². The lowest BCUT2D eigenvalue weighted by Gasteiger charge is -2.53. The lowest BCUT2D eigenvalue weighted by atomic mass is 10.0. The molecular formula is C27H43N3O6SSi. The summed E-state index contributed by atoms with van der Waals surface area (Å²) in [6.45, 7) is 19.8. The third-order valence-electron chi connectivity index (χ3n) is 8.26. The zero-order chi connectivity index (χ0) is 28.9. The largest absolute Gasteiger partial charge is 0.782 e. The fourth-order valence-corrected chi connectivity index (χ4v) is 5.74. The molecule has 11 heteroatoms. The Hall–Kier alpha value is -2.34. The molecule has 1 aromatic carbocycles. The number of β-lactam (4-membered cyclic amide) rings is 1. The molecule has 1 aliphatic heterocycles. The van der Waals surface area contributed by atoms with E-state index in [4.69, 9.17) is 21.8 Å². The fraction of sp³-hybridized carbons (Fsp3) is 0.630. The van der Waals surface area contributed by atoms with Gasteiger partial charge in [0.05, 0.1) is 24.6 Å². The van der Waals surface area contributed by atoms with Crippen molar-refractivity contribution >= 4 is 38.5 Å². The van der Waals surface area contributed by atoms with E-state index in [0.717, 1.165) is 19.6 Å². The highest BCUT2D eigenvalue weighted by molar-refractivity contribution is 7.63. The van der Waals surface area contributed by atoms with Crippen LogP contribution in [0.15, 0.2) is 34.9 Å². The van der Waals surface area contributed by atoms with Crippen LogP contribution in [0.1, 0.15) is 59.9 Å². The lowest BCUT2D eigenvalue weighted by Crippen LogP contribution is -2.70. The quantitative estimate of drug-likeness (QED) is 0.0471. The van der Waals surface area contributed by atoms with Gasteiger partial charge in [0.15, 0.2) is 14.5 Å². The van der Waals surface area contributed by atoms with Gasteiger partial charge in [-0.15, -0.1) is 0 Å². The summed E-state index contributed by atoms with van der Waals surface area (Å²) < 4.78 is 12.6. The maximum Gasteiger partial charge on any atom is 0.353 e. The number of nitrogens with zero attached hydrogens (tertiary/aromatic N) is 3. The number of hydrogen-bond acceptors (Lipinski definition) is 7. The average molecular weight is 566 g/mol. The summed E-state index contributed by atoms with van der Waals surface area (Å²) in [5.74, 6) is -0.817. The van der Waals surface area contributed by atoms with Crippen molar-refractivity contribution in [3.05, 3.63) is 50.5 Å². The van der Waals surface area contributed by atoms with Crippen molar-refractivity contribution in [2.75, 3.05) is 26.2 Å². The standard InChI is InChI=1S/C27H43N3O6SSi/c1-9-30(10-2,11-3)23-18-24(31)28(23)25(22(37)16-17-36-38(7,8)27(4,5)6)26(32)35-19-20-12-14-21(15-13-20)29(33)34/h12-15,23H,9-11,16-19H2,1-8H3. The second kappa shape index (κ2) is 12.7. The molecular weight excluding hydrogens is 522 g/mol. The van der Waals surface area contributed by atoms with Gasteiger partial charge in [-0.1, -0.05) is 20.8 Å². The maximum absolute atomic E-state index is 13.5. The Morgan fingerprint density at radius 2 is 1.71 bits per heavy atom. The molecule has 2 rings (SSSR count). The number of esters is 1. The van der Waals surface area contributed by atoms with Crippen LogP contribution >= 0.6 is 0 Å². The van der Waals surface area contributed by atoms with Gasteiger partial charge in [-0.3, -0.25) is 19.8 Å². The summed E-state index contributed by atoms with van der Waals surface area (Å²) in [6, 6.07) is 5.81. The number of nitro groups is 1. The molecule has 0 aliphatic carbocycles. The number of hydrogen-bond donors (Lipinski definition) is 0. The van der Waals surface area contributed by atoms with E-state index in [1.807, 2.05) is 0 Å². The van der Waals surface area contributed by atoms with E-state index < -0.39 is 19.2 Å². The molecule has 0 bridgehead atoms. The highest BCUT2D eigenvalue weighted by atomic mass is 32.1. The molecule has 0 saturated carbocycles. The second-order valence-corrected chi connectivity index (χ2v) is 16.5. The fourth-order valence-electron chi connectivity index (χ4n) is 4.43. The summed E-state index contributed by atoms with van der Waals surface area (Å²) >= 11 is 5.75. The Morgan fingerprint density at radius 3 is 2.16 bits per heavy atom. The van der Waals surface area contributed by atoms with Crippen LogP contribution in [-0.4, -0.2) is 66.9 Å². The van der Waals surface area contributed by atoms with E-state index in [0.29, 0.717) is 34.4 Å². The van der Waals surface area contributed by atoms with Gasteiger partial charge < -0.3 is 26.3 Å². The molecule has 0 N–H and O–H groups in total. The molecule has 1 saturated heterocycles. The number of nitro benzene ring substituents is 1. The van der Waals surface area contributed by atoms with Gasteiger partial charge in [-0.2, -0.15) is 4.91 Å². The van der Waals surface area contributed by atoms with Crippen LogP contribution in [0.3, 0.4) is 0 Å².